The summed E-state index contributed by atoms with van der Waals surface area (Å²) in [6.07, 6.45) is -2.39. The SMILES string of the molecule is CNC(=O)C(NC(CCc1ccc(C(F)(F)F)nc1)c1ccc(F)c(C)c1)c1cccs1. The maximum absolute atomic E-state index is 13.8. The third kappa shape index (κ3) is 5.92. The van der Waals surface area contributed by atoms with E-state index in [1.165, 1.54) is 29.7 Å². The molecule has 3 rings (SSSR count). The van der Waals surface area contributed by atoms with Gasteiger partial charge in [0.2, 0.25) is 5.91 Å². The predicted octanol–water partition coefficient (Wildman–Crippen LogP) is 5.36. The molecule has 2 heterocycles. The molecule has 0 bridgehead atoms. The summed E-state index contributed by atoms with van der Waals surface area (Å²) < 4.78 is 52.2. The van der Waals surface area contributed by atoms with E-state index >= 15 is 0 Å². The number of likely N-dealkylation sites (N-methyl/N-ethyl adjacent to an activating group) is 1. The Morgan fingerprint density at radius 2 is 1.97 bits per heavy atom. The number of nitrogens with zero attached hydrogens (tertiary/aromatic N) is 1. The molecule has 3 aromatic rings. The summed E-state index contributed by atoms with van der Waals surface area (Å²) in [5.41, 5.74) is 0.950. The average molecular weight is 466 g/mol. The van der Waals surface area contributed by atoms with Crippen molar-refractivity contribution in [3.05, 3.63) is 87.1 Å². The summed E-state index contributed by atoms with van der Waals surface area (Å²) in [7, 11) is 1.55. The van der Waals surface area contributed by atoms with E-state index in [-0.39, 0.29) is 17.8 Å². The van der Waals surface area contributed by atoms with Crippen LogP contribution >= 0.6 is 11.3 Å². The molecule has 0 fully saturated rings. The Hall–Kier alpha value is -2.78. The molecule has 0 radical (unpaired) electrons. The molecule has 0 aliphatic heterocycles. The summed E-state index contributed by atoms with van der Waals surface area (Å²) in [5.74, 6) is -0.548. The fourth-order valence-electron chi connectivity index (χ4n) is 3.37. The van der Waals surface area contributed by atoms with Crippen LogP contribution in [-0.4, -0.2) is 17.9 Å². The molecule has 0 aliphatic carbocycles. The Morgan fingerprint density at radius 1 is 1.19 bits per heavy atom. The highest BCUT2D eigenvalue weighted by molar-refractivity contribution is 7.10. The third-order valence-electron chi connectivity index (χ3n) is 5.13. The lowest BCUT2D eigenvalue weighted by molar-refractivity contribution is -0.141. The van der Waals surface area contributed by atoms with Crippen LogP contribution in [0.2, 0.25) is 0 Å². The standard InChI is InChI=1S/C23H23F4N3OS/c1-14-12-16(7-8-17(14)24)18(30-21(22(31)28-2)19-4-3-11-32-19)9-5-15-6-10-20(29-13-15)23(25,26)27/h3-4,6-8,10-13,18,21,30H,5,9H2,1-2H3,(H,28,31). The van der Waals surface area contributed by atoms with Gasteiger partial charge >= 0.3 is 6.18 Å². The van der Waals surface area contributed by atoms with E-state index in [1.807, 2.05) is 17.5 Å². The summed E-state index contributed by atoms with van der Waals surface area (Å²) in [6.45, 7) is 1.66. The number of hydrogen-bond acceptors (Lipinski definition) is 4. The highest BCUT2D eigenvalue weighted by Crippen LogP contribution is 2.29. The van der Waals surface area contributed by atoms with Gasteiger partial charge < -0.3 is 5.32 Å². The Balaban J connectivity index is 1.85. The van der Waals surface area contributed by atoms with Crippen LogP contribution in [0.5, 0.6) is 0 Å². The zero-order valence-corrected chi connectivity index (χ0v) is 18.4. The molecule has 32 heavy (non-hydrogen) atoms. The topological polar surface area (TPSA) is 54.0 Å². The van der Waals surface area contributed by atoms with E-state index in [9.17, 15) is 22.4 Å². The molecule has 2 aromatic heterocycles. The van der Waals surface area contributed by atoms with Gasteiger partial charge in [-0.15, -0.1) is 11.3 Å². The molecule has 4 nitrogen and oxygen atoms in total. The summed E-state index contributed by atoms with van der Waals surface area (Å²) in [4.78, 5) is 16.9. The number of thiophene rings is 1. The van der Waals surface area contributed by atoms with E-state index in [0.29, 0.717) is 24.0 Å². The number of aryl methyl sites for hydroxylation is 2. The van der Waals surface area contributed by atoms with Crippen LogP contribution in [0, 0.1) is 12.7 Å². The minimum absolute atomic E-state index is 0.215. The molecule has 0 spiro atoms. The Labute approximate surface area is 187 Å². The fourth-order valence-corrected chi connectivity index (χ4v) is 4.15. The van der Waals surface area contributed by atoms with Crippen molar-refractivity contribution in [2.75, 3.05) is 7.05 Å². The molecule has 1 aromatic carbocycles. The van der Waals surface area contributed by atoms with Crippen molar-refractivity contribution in [2.24, 2.45) is 0 Å². The molecule has 2 atom stereocenters. The second kappa shape index (κ2) is 10.2. The molecule has 170 valence electrons. The molecular formula is C23H23F4N3OS. The second-order valence-corrected chi connectivity index (χ2v) is 8.36. The normalized spacial score (nSPS) is 13.6. The number of pyridine rings is 1. The Kier molecular flexibility index (Phi) is 7.63. The minimum atomic E-state index is -4.49. The highest BCUT2D eigenvalue weighted by atomic mass is 32.1. The van der Waals surface area contributed by atoms with E-state index in [4.69, 9.17) is 0 Å². The number of hydrogen-bond donors (Lipinski definition) is 2. The van der Waals surface area contributed by atoms with Gasteiger partial charge in [0.05, 0.1) is 0 Å². The van der Waals surface area contributed by atoms with Gasteiger partial charge in [-0.1, -0.05) is 24.3 Å². The Bertz CT molecular complexity index is 1040. The first-order chi connectivity index (χ1) is 15.2. The molecule has 0 aliphatic rings. The summed E-state index contributed by atoms with van der Waals surface area (Å²) in [6, 6.07) is 9.83. The van der Waals surface area contributed by atoms with Gasteiger partial charge in [-0.05, 0) is 60.0 Å². The van der Waals surface area contributed by atoms with Gasteiger partial charge in [0.25, 0.3) is 0 Å². The van der Waals surface area contributed by atoms with Gasteiger partial charge in [-0.25, -0.2) is 4.39 Å². The summed E-state index contributed by atoms with van der Waals surface area (Å²) in [5, 5.41) is 7.88. The van der Waals surface area contributed by atoms with Crippen molar-refractivity contribution in [1.82, 2.24) is 15.6 Å². The molecule has 1 amide bonds. The number of carbonyl (C=O) groups excluding carboxylic acids is 1. The first-order valence-electron chi connectivity index (χ1n) is 9.98. The highest BCUT2D eigenvalue weighted by Gasteiger charge is 2.32. The molecule has 2 N–H and O–H groups in total. The van der Waals surface area contributed by atoms with Gasteiger partial charge in [0.1, 0.15) is 17.6 Å². The Morgan fingerprint density at radius 3 is 2.53 bits per heavy atom. The largest absolute Gasteiger partial charge is 0.433 e. The molecule has 9 heteroatoms. The van der Waals surface area contributed by atoms with Crippen LogP contribution in [0.25, 0.3) is 0 Å². The van der Waals surface area contributed by atoms with E-state index in [2.05, 4.69) is 15.6 Å². The molecule has 2 unspecified atom stereocenters. The lowest BCUT2D eigenvalue weighted by Gasteiger charge is -2.25. The van der Waals surface area contributed by atoms with Crippen molar-refractivity contribution in [2.45, 2.75) is 38.0 Å². The van der Waals surface area contributed by atoms with Crippen LogP contribution in [-0.2, 0) is 17.4 Å². The van der Waals surface area contributed by atoms with Crippen molar-refractivity contribution >= 4 is 17.2 Å². The average Bonchev–Trinajstić information content (AvgIpc) is 3.29. The van der Waals surface area contributed by atoms with E-state index in [1.54, 1.807) is 26.1 Å². The number of rotatable bonds is 8. The number of carbonyl (C=O) groups is 1. The summed E-state index contributed by atoms with van der Waals surface area (Å²) >= 11 is 1.44. The van der Waals surface area contributed by atoms with Crippen LogP contribution in [0.1, 0.15) is 45.8 Å². The van der Waals surface area contributed by atoms with Gasteiger partial charge in [0, 0.05) is 24.2 Å². The van der Waals surface area contributed by atoms with Gasteiger partial charge in [-0.2, -0.15) is 13.2 Å². The van der Waals surface area contributed by atoms with E-state index < -0.39 is 17.9 Å². The first kappa shape index (κ1) is 23.9. The quantitative estimate of drug-likeness (QED) is 0.441. The predicted molar refractivity (Wildman–Crippen MR) is 116 cm³/mol. The van der Waals surface area contributed by atoms with Crippen molar-refractivity contribution in [3.8, 4) is 0 Å². The lowest BCUT2D eigenvalue weighted by atomic mass is 9.96. The van der Waals surface area contributed by atoms with Crippen LogP contribution < -0.4 is 10.6 Å². The van der Waals surface area contributed by atoms with Crippen LogP contribution in [0.15, 0.2) is 54.0 Å². The molecular weight excluding hydrogens is 442 g/mol. The second-order valence-electron chi connectivity index (χ2n) is 7.38. The van der Waals surface area contributed by atoms with Crippen molar-refractivity contribution in [3.63, 3.8) is 0 Å². The number of amides is 1. The third-order valence-corrected chi connectivity index (χ3v) is 6.06. The zero-order chi connectivity index (χ0) is 23.3. The fraction of sp³-hybridized carbons (Fsp3) is 0.304. The maximum Gasteiger partial charge on any atom is 0.433 e. The monoisotopic (exact) mass is 465 g/mol. The number of aromatic nitrogens is 1. The van der Waals surface area contributed by atoms with E-state index in [0.717, 1.165) is 16.5 Å². The smallest absolute Gasteiger partial charge is 0.357 e. The number of alkyl halides is 3. The first-order valence-corrected chi connectivity index (χ1v) is 10.9. The molecule has 0 saturated carbocycles. The van der Waals surface area contributed by atoms with Crippen LogP contribution in [0.3, 0.4) is 0 Å². The number of nitrogens with one attached hydrogen (secondary N) is 2. The van der Waals surface area contributed by atoms with Crippen molar-refractivity contribution < 1.29 is 22.4 Å². The minimum Gasteiger partial charge on any atom is -0.357 e. The van der Waals surface area contributed by atoms with Gasteiger partial charge in [-0.3, -0.25) is 15.1 Å². The number of benzene rings is 1. The van der Waals surface area contributed by atoms with Crippen molar-refractivity contribution in [1.29, 1.82) is 0 Å². The number of halogens is 4. The zero-order valence-electron chi connectivity index (χ0n) is 17.5. The lowest BCUT2D eigenvalue weighted by Crippen LogP contribution is -2.37. The van der Waals surface area contributed by atoms with Crippen LogP contribution in [0.4, 0.5) is 17.6 Å². The molecule has 0 saturated heterocycles. The maximum atomic E-state index is 13.8. The van der Waals surface area contributed by atoms with Gasteiger partial charge in [0.15, 0.2) is 0 Å².